The van der Waals surface area contributed by atoms with E-state index in [1.807, 2.05) is 0 Å². The van der Waals surface area contributed by atoms with Gasteiger partial charge in [0.25, 0.3) is 0 Å². The summed E-state index contributed by atoms with van der Waals surface area (Å²) >= 11 is 0. The molecule has 1 atom stereocenters. The van der Waals surface area contributed by atoms with E-state index < -0.39 is 27.4 Å². The van der Waals surface area contributed by atoms with Crippen LogP contribution in [-0.2, 0) is 19.6 Å². The maximum atomic E-state index is 12.2. The van der Waals surface area contributed by atoms with Crippen LogP contribution >= 0.6 is 0 Å². The molecule has 1 aromatic carbocycles. The number of carboxylic acids is 1. The number of anilines is 1. The smallest absolute Gasteiger partial charge is 0.308 e. The number of rotatable bonds is 4. The van der Waals surface area contributed by atoms with Crippen molar-refractivity contribution in [3.05, 3.63) is 24.3 Å². The van der Waals surface area contributed by atoms with Crippen LogP contribution in [0.25, 0.3) is 0 Å². The Morgan fingerprint density at radius 3 is 2.26 bits per heavy atom. The zero-order chi connectivity index (χ0) is 17.4. The summed E-state index contributed by atoms with van der Waals surface area (Å²) in [6.45, 7) is 5.33. The average molecular weight is 340 g/mol. The van der Waals surface area contributed by atoms with E-state index in [4.69, 9.17) is 5.11 Å². The van der Waals surface area contributed by atoms with Gasteiger partial charge in [-0.25, -0.2) is 13.1 Å². The lowest BCUT2D eigenvalue weighted by Gasteiger charge is -2.21. The van der Waals surface area contributed by atoms with Gasteiger partial charge in [0.2, 0.25) is 15.9 Å². The van der Waals surface area contributed by atoms with Crippen molar-refractivity contribution < 1.29 is 23.1 Å². The van der Waals surface area contributed by atoms with Crippen molar-refractivity contribution in [2.24, 2.45) is 5.92 Å². The molecule has 1 aliphatic heterocycles. The Bertz CT molecular complexity index is 719. The summed E-state index contributed by atoms with van der Waals surface area (Å²) < 4.78 is 27.0. The molecule has 1 aliphatic rings. The first-order chi connectivity index (χ1) is 10.5. The van der Waals surface area contributed by atoms with Gasteiger partial charge in [0.05, 0.1) is 10.8 Å². The second-order valence-electron chi connectivity index (χ2n) is 6.59. The second-order valence-corrected chi connectivity index (χ2v) is 8.28. The van der Waals surface area contributed by atoms with Crippen LogP contribution in [0.3, 0.4) is 0 Å². The summed E-state index contributed by atoms with van der Waals surface area (Å²) in [6.07, 6.45) is -0.0407. The average Bonchev–Trinajstić information content (AvgIpc) is 2.78. The zero-order valence-electron chi connectivity index (χ0n) is 13.2. The van der Waals surface area contributed by atoms with Crippen molar-refractivity contribution in [1.82, 2.24) is 4.72 Å². The molecule has 0 spiro atoms. The first-order valence-electron chi connectivity index (χ1n) is 7.17. The molecular weight excluding hydrogens is 320 g/mol. The van der Waals surface area contributed by atoms with Gasteiger partial charge in [-0.15, -0.1) is 0 Å². The fourth-order valence-corrected chi connectivity index (χ4v) is 3.81. The Morgan fingerprint density at radius 2 is 1.83 bits per heavy atom. The normalized spacial score (nSPS) is 19.2. The van der Waals surface area contributed by atoms with E-state index in [0.717, 1.165) is 0 Å². The molecule has 126 valence electrons. The molecule has 1 heterocycles. The van der Waals surface area contributed by atoms with Crippen LogP contribution in [0.2, 0.25) is 0 Å². The molecule has 8 heteroatoms. The summed E-state index contributed by atoms with van der Waals surface area (Å²) in [5.74, 6) is -2.01. The fourth-order valence-electron chi connectivity index (χ4n) is 2.39. The highest BCUT2D eigenvalue weighted by molar-refractivity contribution is 7.89. The zero-order valence-corrected chi connectivity index (χ0v) is 14.1. The number of hydrogen-bond donors (Lipinski definition) is 2. The number of aliphatic carboxylic acids is 1. The number of hydrogen-bond acceptors (Lipinski definition) is 4. The topological polar surface area (TPSA) is 104 Å². The minimum Gasteiger partial charge on any atom is -0.481 e. The third-order valence-electron chi connectivity index (χ3n) is 3.37. The summed E-state index contributed by atoms with van der Waals surface area (Å²) in [5, 5.41) is 8.99. The summed E-state index contributed by atoms with van der Waals surface area (Å²) in [7, 11) is -3.64. The molecule has 0 aromatic heterocycles. The summed E-state index contributed by atoms with van der Waals surface area (Å²) in [4.78, 5) is 24.3. The van der Waals surface area contributed by atoms with Crippen LogP contribution < -0.4 is 9.62 Å². The third kappa shape index (κ3) is 4.08. The van der Waals surface area contributed by atoms with E-state index in [0.29, 0.717) is 5.69 Å². The maximum Gasteiger partial charge on any atom is 0.308 e. The number of benzene rings is 1. The first kappa shape index (κ1) is 17.4. The van der Waals surface area contributed by atoms with Crippen LogP contribution in [0.1, 0.15) is 27.2 Å². The SMILES string of the molecule is CC(C)(C)NS(=O)(=O)c1ccc(N2C[C@H](C(=O)O)CC2=O)cc1. The van der Waals surface area contributed by atoms with E-state index >= 15 is 0 Å². The van der Waals surface area contributed by atoms with Gasteiger partial charge in [-0.05, 0) is 45.0 Å². The Balaban J connectivity index is 2.20. The maximum absolute atomic E-state index is 12.2. The van der Waals surface area contributed by atoms with Crippen LogP contribution in [0.15, 0.2) is 29.2 Å². The number of amides is 1. The van der Waals surface area contributed by atoms with Gasteiger partial charge in [-0.2, -0.15) is 0 Å². The molecule has 1 amide bonds. The largest absolute Gasteiger partial charge is 0.481 e. The predicted octanol–water partition coefficient (Wildman–Crippen LogP) is 1.20. The van der Waals surface area contributed by atoms with Crippen LogP contribution in [0, 0.1) is 5.92 Å². The molecule has 1 fully saturated rings. The number of nitrogens with one attached hydrogen (secondary N) is 1. The molecule has 7 nitrogen and oxygen atoms in total. The molecule has 1 aromatic rings. The van der Waals surface area contributed by atoms with Crippen LogP contribution in [-0.4, -0.2) is 37.5 Å². The van der Waals surface area contributed by atoms with Gasteiger partial charge >= 0.3 is 5.97 Å². The van der Waals surface area contributed by atoms with Gasteiger partial charge in [0.1, 0.15) is 0 Å². The van der Waals surface area contributed by atoms with Gasteiger partial charge in [-0.1, -0.05) is 0 Å². The van der Waals surface area contributed by atoms with E-state index in [1.54, 1.807) is 20.8 Å². The summed E-state index contributed by atoms with van der Waals surface area (Å²) in [5.41, 5.74) is -0.106. The Labute approximate surface area is 135 Å². The van der Waals surface area contributed by atoms with E-state index in [-0.39, 0.29) is 23.8 Å². The Kier molecular flexibility index (Phi) is 4.50. The Morgan fingerprint density at radius 1 is 1.26 bits per heavy atom. The lowest BCUT2D eigenvalue weighted by atomic mass is 10.1. The molecular formula is C15H20N2O5S. The molecule has 2 N–H and O–H groups in total. The van der Waals surface area contributed by atoms with E-state index in [1.165, 1.54) is 29.2 Å². The minimum atomic E-state index is -3.64. The monoisotopic (exact) mass is 340 g/mol. The van der Waals surface area contributed by atoms with Crippen LogP contribution in [0.5, 0.6) is 0 Å². The number of carbonyl (C=O) groups is 2. The highest BCUT2D eigenvalue weighted by Gasteiger charge is 2.35. The fraction of sp³-hybridized carbons (Fsp3) is 0.467. The van der Waals surface area contributed by atoms with Gasteiger partial charge in [-0.3, -0.25) is 9.59 Å². The van der Waals surface area contributed by atoms with Crippen molar-refractivity contribution in [1.29, 1.82) is 0 Å². The van der Waals surface area contributed by atoms with Crippen molar-refractivity contribution in [3.63, 3.8) is 0 Å². The third-order valence-corrected chi connectivity index (χ3v) is 5.15. The predicted molar refractivity (Wildman–Crippen MR) is 84.6 cm³/mol. The first-order valence-corrected chi connectivity index (χ1v) is 8.65. The van der Waals surface area contributed by atoms with Crippen molar-refractivity contribution in [2.45, 2.75) is 37.6 Å². The minimum absolute atomic E-state index is 0.0407. The van der Waals surface area contributed by atoms with Gasteiger partial charge < -0.3 is 10.0 Å². The molecule has 0 aliphatic carbocycles. The van der Waals surface area contributed by atoms with E-state index in [2.05, 4.69) is 4.72 Å². The highest BCUT2D eigenvalue weighted by Crippen LogP contribution is 2.26. The molecule has 23 heavy (non-hydrogen) atoms. The molecule has 0 radical (unpaired) electrons. The lowest BCUT2D eigenvalue weighted by Crippen LogP contribution is -2.40. The number of nitrogens with zero attached hydrogens (tertiary/aromatic N) is 1. The number of carbonyl (C=O) groups excluding carboxylic acids is 1. The molecule has 0 bridgehead atoms. The van der Waals surface area contributed by atoms with Crippen molar-refractivity contribution in [2.75, 3.05) is 11.4 Å². The highest BCUT2D eigenvalue weighted by atomic mass is 32.2. The standard InChI is InChI=1S/C15H20N2O5S/c1-15(2,3)16-23(21,22)12-6-4-11(5-7-12)17-9-10(14(19)20)8-13(17)18/h4-7,10,16H,8-9H2,1-3H3,(H,19,20)/t10-/m1/s1. The molecule has 0 unspecified atom stereocenters. The lowest BCUT2D eigenvalue weighted by molar-refractivity contribution is -0.141. The molecule has 2 rings (SSSR count). The number of sulfonamides is 1. The van der Waals surface area contributed by atoms with E-state index in [9.17, 15) is 18.0 Å². The Hall–Kier alpha value is -1.93. The quantitative estimate of drug-likeness (QED) is 0.857. The van der Waals surface area contributed by atoms with Crippen molar-refractivity contribution in [3.8, 4) is 0 Å². The second kappa shape index (κ2) is 5.93. The van der Waals surface area contributed by atoms with Crippen LogP contribution in [0.4, 0.5) is 5.69 Å². The van der Waals surface area contributed by atoms with Gasteiger partial charge in [0.15, 0.2) is 0 Å². The van der Waals surface area contributed by atoms with Gasteiger partial charge in [0, 0.05) is 24.2 Å². The van der Waals surface area contributed by atoms with Crippen molar-refractivity contribution >= 4 is 27.6 Å². The number of carboxylic acid groups (broad SMARTS) is 1. The summed E-state index contributed by atoms with van der Waals surface area (Å²) in [6, 6.07) is 5.84. The molecule has 1 saturated heterocycles. The molecule has 0 saturated carbocycles.